The number of amides is 2. The number of piperidine rings is 1. The van der Waals surface area contributed by atoms with Crippen LogP contribution in [0.4, 0.5) is 4.79 Å². The van der Waals surface area contributed by atoms with Crippen molar-refractivity contribution in [3.05, 3.63) is 22.4 Å². The number of hydrogen-bond donors (Lipinski definition) is 1. The van der Waals surface area contributed by atoms with Crippen LogP contribution in [0.1, 0.15) is 17.7 Å². The van der Waals surface area contributed by atoms with Crippen LogP contribution in [-0.4, -0.2) is 68.0 Å². The summed E-state index contributed by atoms with van der Waals surface area (Å²) in [7, 11) is -2.95. The summed E-state index contributed by atoms with van der Waals surface area (Å²) in [6.07, 6.45) is 2.06. The molecule has 1 atom stereocenters. The number of carbonyl (C=O) groups is 1. The molecule has 2 fully saturated rings. The summed E-state index contributed by atoms with van der Waals surface area (Å²) >= 11 is 1.76. The van der Waals surface area contributed by atoms with Crippen molar-refractivity contribution in [3.63, 3.8) is 0 Å². The molecule has 6 nitrogen and oxygen atoms in total. The van der Waals surface area contributed by atoms with Gasteiger partial charge in [0.1, 0.15) is 0 Å². The standard InChI is InChI=1S/C15H23N3O3S2/c19-15(18-6-9-23(20,21)10-7-18)16-13-3-1-5-17(11-13)12-14-4-2-8-22-14/h2,4,8,13H,1,3,5-7,9-12H2,(H,16,19). The Morgan fingerprint density at radius 1 is 1.30 bits per heavy atom. The number of thiophene rings is 1. The van der Waals surface area contributed by atoms with E-state index in [1.165, 1.54) is 4.88 Å². The van der Waals surface area contributed by atoms with E-state index >= 15 is 0 Å². The molecule has 0 aromatic carbocycles. The topological polar surface area (TPSA) is 69.7 Å². The molecule has 0 spiro atoms. The second-order valence-electron chi connectivity index (χ2n) is 6.24. The number of sulfone groups is 1. The molecule has 2 aliphatic heterocycles. The molecule has 1 unspecified atom stereocenters. The maximum atomic E-state index is 12.3. The van der Waals surface area contributed by atoms with Crippen LogP contribution < -0.4 is 5.32 Å². The maximum absolute atomic E-state index is 12.3. The second-order valence-corrected chi connectivity index (χ2v) is 9.58. The van der Waals surface area contributed by atoms with Crippen molar-refractivity contribution >= 4 is 27.2 Å². The van der Waals surface area contributed by atoms with Gasteiger partial charge < -0.3 is 10.2 Å². The van der Waals surface area contributed by atoms with Crippen molar-refractivity contribution in [1.29, 1.82) is 0 Å². The third kappa shape index (κ3) is 4.68. The Balaban J connectivity index is 1.48. The third-order valence-electron chi connectivity index (χ3n) is 4.42. The van der Waals surface area contributed by atoms with Crippen LogP contribution in [0.25, 0.3) is 0 Å². The van der Waals surface area contributed by atoms with Gasteiger partial charge in [0.2, 0.25) is 0 Å². The average molecular weight is 358 g/mol. The van der Waals surface area contributed by atoms with Crippen LogP contribution in [0.5, 0.6) is 0 Å². The highest BCUT2D eigenvalue weighted by Crippen LogP contribution is 2.17. The van der Waals surface area contributed by atoms with Crippen molar-refractivity contribution in [1.82, 2.24) is 15.1 Å². The first-order chi connectivity index (χ1) is 11.0. The first-order valence-corrected chi connectivity index (χ1v) is 10.7. The number of rotatable bonds is 3. The molecule has 3 rings (SSSR count). The highest BCUT2D eigenvalue weighted by Gasteiger charge is 2.28. The molecule has 2 amide bonds. The predicted octanol–water partition coefficient (Wildman–Crippen LogP) is 1.15. The number of urea groups is 1. The number of nitrogens with one attached hydrogen (secondary N) is 1. The smallest absolute Gasteiger partial charge is 0.317 e. The summed E-state index contributed by atoms with van der Waals surface area (Å²) in [5.41, 5.74) is 0. The zero-order valence-electron chi connectivity index (χ0n) is 13.1. The van der Waals surface area contributed by atoms with Gasteiger partial charge in [-0.2, -0.15) is 0 Å². The molecule has 3 heterocycles. The highest BCUT2D eigenvalue weighted by molar-refractivity contribution is 7.91. The molecule has 0 radical (unpaired) electrons. The quantitative estimate of drug-likeness (QED) is 0.881. The Hall–Kier alpha value is -1.12. The van der Waals surface area contributed by atoms with E-state index in [1.807, 2.05) is 0 Å². The molecule has 8 heteroatoms. The van der Waals surface area contributed by atoms with Crippen molar-refractivity contribution in [2.75, 3.05) is 37.7 Å². The van der Waals surface area contributed by atoms with Gasteiger partial charge in [-0.15, -0.1) is 11.3 Å². The molecule has 0 saturated carbocycles. The lowest BCUT2D eigenvalue weighted by atomic mass is 10.1. The van der Waals surface area contributed by atoms with E-state index in [1.54, 1.807) is 16.2 Å². The molecule has 0 bridgehead atoms. The molecule has 23 heavy (non-hydrogen) atoms. The summed E-state index contributed by atoms with van der Waals surface area (Å²) in [4.78, 5) is 17.7. The lowest BCUT2D eigenvalue weighted by Gasteiger charge is -2.35. The fraction of sp³-hybridized carbons (Fsp3) is 0.667. The van der Waals surface area contributed by atoms with E-state index in [2.05, 4.69) is 27.7 Å². The van der Waals surface area contributed by atoms with E-state index in [0.29, 0.717) is 13.1 Å². The Bertz CT molecular complexity index is 616. The summed E-state index contributed by atoms with van der Waals surface area (Å²) in [5, 5.41) is 5.17. The van der Waals surface area contributed by atoms with Gasteiger partial charge >= 0.3 is 6.03 Å². The number of hydrogen-bond acceptors (Lipinski definition) is 5. The highest BCUT2D eigenvalue weighted by atomic mass is 32.2. The average Bonchev–Trinajstić information content (AvgIpc) is 3.00. The minimum absolute atomic E-state index is 0.0790. The number of likely N-dealkylation sites (tertiary alicyclic amines) is 1. The lowest BCUT2D eigenvalue weighted by Crippen LogP contribution is -2.54. The van der Waals surface area contributed by atoms with E-state index in [4.69, 9.17) is 0 Å². The Labute approximate surface area is 141 Å². The monoisotopic (exact) mass is 357 g/mol. The van der Waals surface area contributed by atoms with Crippen LogP contribution in [-0.2, 0) is 16.4 Å². The van der Waals surface area contributed by atoms with E-state index < -0.39 is 9.84 Å². The lowest BCUT2D eigenvalue weighted by molar-refractivity contribution is 0.166. The van der Waals surface area contributed by atoms with Gasteiger partial charge in [-0.25, -0.2) is 13.2 Å². The summed E-state index contributed by atoms with van der Waals surface area (Å²) < 4.78 is 22.9. The van der Waals surface area contributed by atoms with Gasteiger partial charge in [0, 0.05) is 37.1 Å². The van der Waals surface area contributed by atoms with Crippen LogP contribution in [0.15, 0.2) is 17.5 Å². The Morgan fingerprint density at radius 3 is 2.78 bits per heavy atom. The van der Waals surface area contributed by atoms with Gasteiger partial charge in [-0.1, -0.05) is 6.07 Å². The largest absolute Gasteiger partial charge is 0.334 e. The molecule has 1 N–H and O–H groups in total. The first-order valence-electron chi connectivity index (χ1n) is 8.02. The number of nitrogens with zero attached hydrogens (tertiary/aromatic N) is 2. The zero-order chi connectivity index (χ0) is 16.3. The van der Waals surface area contributed by atoms with Crippen LogP contribution >= 0.6 is 11.3 Å². The van der Waals surface area contributed by atoms with Gasteiger partial charge in [0.15, 0.2) is 9.84 Å². The molecular formula is C15H23N3O3S2. The summed E-state index contributed by atoms with van der Waals surface area (Å²) in [6.45, 7) is 3.47. The van der Waals surface area contributed by atoms with Gasteiger partial charge in [-0.3, -0.25) is 4.90 Å². The summed E-state index contributed by atoms with van der Waals surface area (Å²) in [6, 6.07) is 4.23. The SMILES string of the molecule is O=C(NC1CCCN(Cc2cccs2)C1)N1CCS(=O)(=O)CC1. The van der Waals surface area contributed by atoms with Crippen LogP contribution in [0, 0.1) is 0 Å². The molecule has 2 aliphatic rings. The fourth-order valence-electron chi connectivity index (χ4n) is 3.12. The molecule has 1 aromatic heterocycles. The van der Waals surface area contributed by atoms with Crippen LogP contribution in [0.2, 0.25) is 0 Å². The summed E-state index contributed by atoms with van der Waals surface area (Å²) in [5.74, 6) is 0.158. The first kappa shape index (κ1) is 16.7. The van der Waals surface area contributed by atoms with Gasteiger partial charge in [-0.05, 0) is 30.8 Å². The Kier molecular flexibility index (Phi) is 5.23. The van der Waals surface area contributed by atoms with Crippen molar-refractivity contribution < 1.29 is 13.2 Å². The van der Waals surface area contributed by atoms with E-state index in [9.17, 15) is 13.2 Å². The molecule has 128 valence electrons. The molecular weight excluding hydrogens is 334 g/mol. The van der Waals surface area contributed by atoms with Crippen molar-refractivity contribution in [3.8, 4) is 0 Å². The maximum Gasteiger partial charge on any atom is 0.317 e. The molecule has 2 saturated heterocycles. The second kappa shape index (κ2) is 7.19. The zero-order valence-corrected chi connectivity index (χ0v) is 14.7. The number of carbonyl (C=O) groups excluding carboxylic acids is 1. The fourth-order valence-corrected chi connectivity index (χ4v) is 5.07. The van der Waals surface area contributed by atoms with Crippen molar-refractivity contribution in [2.45, 2.75) is 25.4 Å². The van der Waals surface area contributed by atoms with E-state index in [0.717, 1.165) is 32.5 Å². The minimum atomic E-state index is -2.95. The van der Waals surface area contributed by atoms with Gasteiger partial charge in [0.25, 0.3) is 0 Å². The third-order valence-corrected chi connectivity index (χ3v) is 6.89. The molecule has 1 aromatic rings. The normalized spacial score (nSPS) is 25.2. The van der Waals surface area contributed by atoms with Gasteiger partial charge in [0.05, 0.1) is 11.5 Å². The Morgan fingerprint density at radius 2 is 2.09 bits per heavy atom. The molecule has 0 aliphatic carbocycles. The van der Waals surface area contributed by atoms with E-state index in [-0.39, 0.29) is 23.6 Å². The minimum Gasteiger partial charge on any atom is -0.334 e. The van der Waals surface area contributed by atoms with Crippen LogP contribution in [0.3, 0.4) is 0 Å². The predicted molar refractivity (Wildman–Crippen MR) is 91.4 cm³/mol. The van der Waals surface area contributed by atoms with Crippen molar-refractivity contribution in [2.24, 2.45) is 0 Å².